The zero-order valence-electron chi connectivity index (χ0n) is 18.5. The zero-order valence-corrected chi connectivity index (χ0v) is 19.3. The van der Waals surface area contributed by atoms with Gasteiger partial charge in [-0.3, -0.25) is 4.79 Å². The van der Waals surface area contributed by atoms with Gasteiger partial charge in [0, 0.05) is 22.9 Å². The molecule has 0 saturated carbocycles. The average molecular weight is 509 g/mol. The van der Waals surface area contributed by atoms with E-state index in [1.165, 1.54) is 26.0 Å². The summed E-state index contributed by atoms with van der Waals surface area (Å²) in [5.74, 6) is -1.93. The molecule has 0 unspecified atom stereocenters. The molecule has 8 nitrogen and oxygen atoms in total. The maximum atomic E-state index is 13.1. The topological polar surface area (TPSA) is 106 Å². The van der Waals surface area contributed by atoms with Crippen LogP contribution in [0, 0.1) is 0 Å². The summed E-state index contributed by atoms with van der Waals surface area (Å²) in [6.07, 6.45) is -2.80. The summed E-state index contributed by atoms with van der Waals surface area (Å²) in [6.45, 7) is 2.49. The number of rotatable bonds is 7. The Hall–Kier alpha value is -3.86. The average Bonchev–Trinajstić information content (AvgIpc) is 3.07. The van der Waals surface area contributed by atoms with E-state index in [0.717, 1.165) is 33.7 Å². The van der Waals surface area contributed by atoms with Crippen LogP contribution in [0.5, 0.6) is 0 Å². The molecule has 1 heterocycles. The van der Waals surface area contributed by atoms with Gasteiger partial charge in [-0.05, 0) is 55.8 Å². The van der Waals surface area contributed by atoms with E-state index >= 15 is 0 Å². The van der Waals surface area contributed by atoms with Gasteiger partial charge in [0.1, 0.15) is 6.54 Å². The third-order valence-corrected chi connectivity index (χ3v) is 5.25. The molecule has 0 saturated heterocycles. The van der Waals surface area contributed by atoms with E-state index < -0.39 is 41.4 Å². The van der Waals surface area contributed by atoms with E-state index in [1.807, 2.05) is 0 Å². The molecule has 12 heteroatoms. The van der Waals surface area contributed by atoms with Gasteiger partial charge in [0.2, 0.25) is 5.91 Å². The van der Waals surface area contributed by atoms with E-state index in [1.54, 1.807) is 24.3 Å². The molecule has 1 amide bonds. The molecule has 0 atom stereocenters. The van der Waals surface area contributed by atoms with Crippen molar-refractivity contribution >= 4 is 29.7 Å². The lowest BCUT2D eigenvalue weighted by Crippen LogP contribution is -2.44. The van der Waals surface area contributed by atoms with Crippen LogP contribution in [-0.4, -0.2) is 31.3 Å². The normalized spacial score (nSPS) is 12.2. The minimum Gasteiger partial charge on any atom is -0.478 e. The Kier molecular flexibility index (Phi) is 7.20. The molecule has 0 aliphatic heterocycles. The lowest BCUT2D eigenvalue weighted by atomic mass is 9.92. The van der Waals surface area contributed by atoms with E-state index in [-0.39, 0.29) is 11.4 Å². The number of aliphatic carboxylic acids is 1. The van der Waals surface area contributed by atoms with Crippen LogP contribution in [0.25, 0.3) is 17.6 Å². The number of carbonyl (C=O) groups is 2. The monoisotopic (exact) mass is 508 g/mol. The van der Waals surface area contributed by atoms with Crippen LogP contribution < -0.4 is 11.0 Å². The van der Waals surface area contributed by atoms with Crippen LogP contribution >= 0.6 is 11.6 Å². The van der Waals surface area contributed by atoms with Gasteiger partial charge in [-0.1, -0.05) is 23.7 Å². The van der Waals surface area contributed by atoms with Gasteiger partial charge in [-0.15, -0.1) is 5.10 Å². The molecule has 3 aromatic rings. The summed E-state index contributed by atoms with van der Waals surface area (Å²) >= 11 is 5.89. The second-order valence-electron chi connectivity index (χ2n) is 8.05. The molecular formula is C23H20ClF3N4O4. The fourth-order valence-corrected chi connectivity index (χ4v) is 3.40. The highest BCUT2D eigenvalue weighted by atomic mass is 35.5. The van der Waals surface area contributed by atoms with Gasteiger partial charge in [0.15, 0.2) is 5.82 Å². The molecule has 184 valence electrons. The van der Waals surface area contributed by atoms with Gasteiger partial charge < -0.3 is 10.4 Å². The molecule has 0 fully saturated rings. The van der Waals surface area contributed by atoms with Gasteiger partial charge >= 0.3 is 17.8 Å². The number of carboxylic acid groups (broad SMARTS) is 1. The highest BCUT2D eigenvalue weighted by Crippen LogP contribution is 2.32. The number of amides is 1. The molecule has 0 aliphatic carbocycles. The molecule has 35 heavy (non-hydrogen) atoms. The number of hydrogen-bond donors (Lipinski definition) is 2. The van der Waals surface area contributed by atoms with Crippen LogP contribution in [-0.2, 0) is 27.8 Å². The second-order valence-corrected chi connectivity index (χ2v) is 8.48. The van der Waals surface area contributed by atoms with Gasteiger partial charge in [-0.2, -0.15) is 13.2 Å². The first-order chi connectivity index (χ1) is 16.3. The highest BCUT2D eigenvalue weighted by molar-refractivity contribution is 6.30. The van der Waals surface area contributed by atoms with Gasteiger partial charge in [0.25, 0.3) is 0 Å². The minimum atomic E-state index is -4.54. The molecule has 1 aromatic heterocycles. The zero-order chi connectivity index (χ0) is 26.0. The van der Waals surface area contributed by atoms with Crippen molar-refractivity contribution in [3.05, 3.63) is 81.2 Å². The van der Waals surface area contributed by atoms with Crippen molar-refractivity contribution in [1.82, 2.24) is 19.7 Å². The first kappa shape index (κ1) is 25.8. The number of carboxylic acids is 1. The standard InChI is InChI=1S/C23H20ClF3N4O4/c1-22(2,15-4-3-5-16(12-15)23(25,26)27)28-18(32)13-31-21(35)30(11-10-19(33)34)20(29-31)14-6-8-17(24)9-7-14/h3-12H,13H2,1-2H3,(H,28,32)(H,33,34)/b11-10-. The number of hydrogen-bond acceptors (Lipinski definition) is 4. The third-order valence-electron chi connectivity index (χ3n) is 5.00. The Morgan fingerprint density at radius 2 is 1.74 bits per heavy atom. The minimum absolute atomic E-state index is 0.0640. The highest BCUT2D eigenvalue weighted by Gasteiger charge is 2.32. The molecule has 0 aliphatic rings. The molecule has 0 spiro atoms. The number of carbonyl (C=O) groups excluding carboxylic acids is 1. The SMILES string of the molecule is CC(C)(NC(=O)Cn1nc(-c2ccc(Cl)cc2)n(/C=C\C(=O)O)c1=O)c1cccc(C(F)(F)F)c1. The smallest absolute Gasteiger partial charge is 0.416 e. The molecular weight excluding hydrogens is 489 g/mol. The first-order valence-electron chi connectivity index (χ1n) is 10.1. The quantitative estimate of drug-likeness (QED) is 0.469. The van der Waals surface area contributed by atoms with Crippen LogP contribution in [0.2, 0.25) is 5.02 Å². The van der Waals surface area contributed by atoms with Crippen molar-refractivity contribution in [2.45, 2.75) is 32.1 Å². The fourth-order valence-electron chi connectivity index (χ4n) is 3.27. The molecule has 0 radical (unpaired) electrons. The Bertz CT molecular complexity index is 1340. The lowest BCUT2D eigenvalue weighted by molar-refractivity contribution is -0.137. The number of halogens is 4. The van der Waals surface area contributed by atoms with Gasteiger partial charge in [0.05, 0.1) is 11.1 Å². The Morgan fingerprint density at radius 3 is 2.34 bits per heavy atom. The number of nitrogens with zero attached hydrogens (tertiary/aromatic N) is 3. The van der Waals surface area contributed by atoms with E-state index in [0.29, 0.717) is 10.6 Å². The fraction of sp³-hybridized carbons (Fsp3) is 0.217. The van der Waals surface area contributed by atoms with Crippen molar-refractivity contribution in [3.8, 4) is 11.4 Å². The van der Waals surface area contributed by atoms with Crippen molar-refractivity contribution in [1.29, 1.82) is 0 Å². The van der Waals surface area contributed by atoms with E-state index in [9.17, 15) is 27.6 Å². The summed E-state index contributed by atoms with van der Waals surface area (Å²) in [4.78, 5) is 36.5. The number of alkyl halides is 3. The molecule has 0 bridgehead atoms. The first-order valence-corrected chi connectivity index (χ1v) is 10.5. The summed E-state index contributed by atoms with van der Waals surface area (Å²) in [7, 11) is 0. The van der Waals surface area contributed by atoms with Crippen molar-refractivity contribution in [2.24, 2.45) is 0 Å². The Morgan fingerprint density at radius 1 is 1.11 bits per heavy atom. The molecule has 3 rings (SSSR count). The van der Waals surface area contributed by atoms with E-state index in [4.69, 9.17) is 16.7 Å². The van der Waals surface area contributed by atoms with Crippen LogP contribution in [0.1, 0.15) is 25.0 Å². The predicted octanol–water partition coefficient (Wildman–Crippen LogP) is 3.99. The maximum Gasteiger partial charge on any atom is 0.416 e. The van der Waals surface area contributed by atoms with Crippen LogP contribution in [0.15, 0.2) is 59.4 Å². The summed E-state index contributed by atoms with van der Waals surface area (Å²) in [6, 6.07) is 10.8. The second kappa shape index (κ2) is 9.79. The van der Waals surface area contributed by atoms with E-state index in [2.05, 4.69) is 10.4 Å². The number of nitrogens with one attached hydrogen (secondary N) is 1. The maximum absolute atomic E-state index is 13.1. The van der Waals surface area contributed by atoms with Crippen molar-refractivity contribution in [2.75, 3.05) is 0 Å². The Labute approximate surface area is 202 Å². The van der Waals surface area contributed by atoms with Gasteiger partial charge in [-0.25, -0.2) is 18.8 Å². The Balaban J connectivity index is 1.90. The van der Waals surface area contributed by atoms with Crippen LogP contribution in [0.3, 0.4) is 0 Å². The number of benzene rings is 2. The lowest BCUT2D eigenvalue weighted by Gasteiger charge is -2.27. The predicted molar refractivity (Wildman–Crippen MR) is 123 cm³/mol. The third kappa shape index (κ3) is 6.18. The van der Waals surface area contributed by atoms with Crippen molar-refractivity contribution < 1.29 is 27.9 Å². The van der Waals surface area contributed by atoms with Crippen LogP contribution in [0.4, 0.5) is 13.2 Å². The number of aromatic nitrogens is 3. The largest absolute Gasteiger partial charge is 0.478 e. The molecule has 2 N–H and O–H groups in total. The molecule has 2 aromatic carbocycles. The summed E-state index contributed by atoms with van der Waals surface area (Å²) < 4.78 is 41.0. The van der Waals surface area contributed by atoms with Crippen molar-refractivity contribution in [3.63, 3.8) is 0 Å². The summed E-state index contributed by atoms with van der Waals surface area (Å²) in [5, 5.41) is 16.1. The summed E-state index contributed by atoms with van der Waals surface area (Å²) in [5.41, 5.74) is -2.20.